The van der Waals surface area contributed by atoms with Crippen molar-refractivity contribution in [2.75, 3.05) is 6.54 Å². The van der Waals surface area contributed by atoms with Crippen molar-refractivity contribution in [1.29, 1.82) is 0 Å². The Morgan fingerprint density at radius 1 is 1.22 bits per heavy atom. The van der Waals surface area contributed by atoms with Gasteiger partial charge in [0.05, 0.1) is 17.3 Å². The first-order chi connectivity index (χ1) is 11.1. The van der Waals surface area contributed by atoms with E-state index < -0.39 is 5.97 Å². The van der Waals surface area contributed by atoms with Gasteiger partial charge in [-0.25, -0.2) is 4.79 Å². The predicted octanol–water partition coefficient (Wildman–Crippen LogP) is 3.13. The van der Waals surface area contributed by atoms with Crippen LogP contribution in [0.4, 0.5) is 0 Å². The molecule has 0 bridgehead atoms. The maximum Gasteiger partial charge on any atom is 0.335 e. The number of hydrogen-bond donors (Lipinski definition) is 1. The van der Waals surface area contributed by atoms with E-state index in [0.29, 0.717) is 0 Å². The minimum absolute atomic E-state index is 0.0941. The molecule has 1 saturated heterocycles. The van der Waals surface area contributed by atoms with Crippen LogP contribution < -0.4 is 0 Å². The molecule has 1 aromatic heterocycles. The molecule has 23 heavy (non-hydrogen) atoms. The largest absolute Gasteiger partial charge is 0.478 e. The van der Waals surface area contributed by atoms with Crippen LogP contribution in [-0.4, -0.2) is 33.4 Å². The van der Waals surface area contributed by atoms with Gasteiger partial charge in [0.1, 0.15) is 0 Å². The molecule has 0 unspecified atom stereocenters. The lowest BCUT2D eigenvalue weighted by Crippen LogP contribution is -2.28. The van der Waals surface area contributed by atoms with Crippen molar-refractivity contribution in [2.24, 2.45) is 0 Å². The van der Waals surface area contributed by atoms with Gasteiger partial charge >= 0.3 is 5.97 Å². The second kappa shape index (κ2) is 6.20. The Bertz CT molecular complexity index is 740. The van der Waals surface area contributed by atoms with Crippen LogP contribution in [0.15, 0.2) is 42.6 Å². The number of carboxylic acid groups (broad SMARTS) is 1. The van der Waals surface area contributed by atoms with E-state index in [4.69, 9.17) is 5.11 Å². The fraction of sp³-hybridized carbons (Fsp3) is 0.278. The summed E-state index contributed by atoms with van der Waals surface area (Å²) in [5.41, 5.74) is 2.98. The van der Waals surface area contributed by atoms with Crippen LogP contribution in [-0.2, 0) is 4.79 Å². The molecular weight excluding hydrogens is 292 g/mol. The zero-order valence-electron chi connectivity index (χ0n) is 12.9. The normalized spacial score (nSPS) is 17.3. The SMILES string of the molecule is CC(=O)N1CCC[C@@H]1c1ccnc(-c2ccc(C(=O)O)cc2)c1. The number of pyridine rings is 1. The molecule has 1 aliphatic heterocycles. The van der Waals surface area contributed by atoms with Crippen molar-refractivity contribution in [2.45, 2.75) is 25.8 Å². The predicted molar refractivity (Wildman–Crippen MR) is 86.0 cm³/mol. The van der Waals surface area contributed by atoms with Gasteiger partial charge in [0.2, 0.25) is 5.91 Å². The highest BCUT2D eigenvalue weighted by molar-refractivity contribution is 5.88. The highest BCUT2D eigenvalue weighted by atomic mass is 16.4. The van der Waals surface area contributed by atoms with Crippen LogP contribution in [0, 0.1) is 0 Å². The van der Waals surface area contributed by atoms with Crippen molar-refractivity contribution >= 4 is 11.9 Å². The fourth-order valence-electron chi connectivity index (χ4n) is 3.09. The molecule has 1 N–H and O–H groups in total. The summed E-state index contributed by atoms with van der Waals surface area (Å²) in [6.45, 7) is 2.40. The van der Waals surface area contributed by atoms with Gasteiger partial charge in [0.15, 0.2) is 0 Å². The summed E-state index contributed by atoms with van der Waals surface area (Å²) in [7, 11) is 0. The molecule has 1 atom stereocenters. The number of carbonyl (C=O) groups excluding carboxylic acids is 1. The number of hydrogen-bond acceptors (Lipinski definition) is 3. The first-order valence-corrected chi connectivity index (χ1v) is 7.63. The van der Waals surface area contributed by atoms with Crippen molar-refractivity contribution in [3.8, 4) is 11.3 Å². The van der Waals surface area contributed by atoms with E-state index in [0.717, 1.165) is 36.2 Å². The summed E-state index contributed by atoms with van der Waals surface area (Å²) in [5.74, 6) is -0.849. The molecule has 0 radical (unpaired) electrons. The topological polar surface area (TPSA) is 70.5 Å². The Balaban J connectivity index is 1.90. The first kappa shape index (κ1) is 15.2. The minimum Gasteiger partial charge on any atom is -0.478 e. The lowest BCUT2D eigenvalue weighted by Gasteiger charge is -2.23. The standard InChI is InChI=1S/C18H18N2O3/c1-12(21)20-10-2-3-17(20)15-8-9-19-16(11-15)13-4-6-14(7-5-13)18(22)23/h4-9,11,17H,2-3,10H2,1H3,(H,22,23)/t17-/m1/s1. The lowest BCUT2D eigenvalue weighted by molar-refractivity contribution is -0.129. The van der Waals surface area contributed by atoms with Crippen molar-refractivity contribution in [1.82, 2.24) is 9.88 Å². The number of benzene rings is 1. The van der Waals surface area contributed by atoms with Crippen LogP contribution in [0.25, 0.3) is 11.3 Å². The molecule has 3 rings (SSSR count). The summed E-state index contributed by atoms with van der Waals surface area (Å²) in [6.07, 6.45) is 3.71. The highest BCUT2D eigenvalue weighted by Crippen LogP contribution is 2.33. The van der Waals surface area contributed by atoms with E-state index in [1.807, 2.05) is 17.0 Å². The number of aromatic carboxylic acids is 1. The number of carboxylic acids is 1. The van der Waals surface area contributed by atoms with E-state index in [9.17, 15) is 9.59 Å². The molecule has 2 aromatic rings. The van der Waals surface area contributed by atoms with Gasteiger partial charge in [-0.05, 0) is 42.7 Å². The Morgan fingerprint density at radius 3 is 2.61 bits per heavy atom. The quantitative estimate of drug-likeness (QED) is 0.945. The number of likely N-dealkylation sites (tertiary alicyclic amines) is 1. The molecular formula is C18H18N2O3. The Hall–Kier alpha value is -2.69. The average Bonchev–Trinajstić information content (AvgIpc) is 3.05. The molecule has 2 heterocycles. The van der Waals surface area contributed by atoms with Crippen molar-refractivity contribution in [3.63, 3.8) is 0 Å². The minimum atomic E-state index is -0.943. The van der Waals surface area contributed by atoms with E-state index in [1.54, 1.807) is 37.4 Å². The number of nitrogens with zero attached hydrogens (tertiary/aromatic N) is 2. The summed E-state index contributed by atoms with van der Waals surface area (Å²) in [4.78, 5) is 28.9. The van der Waals surface area contributed by atoms with E-state index in [-0.39, 0.29) is 17.5 Å². The third-order valence-corrected chi connectivity index (χ3v) is 4.25. The zero-order valence-corrected chi connectivity index (χ0v) is 12.9. The van der Waals surface area contributed by atoms with Gasteiger partial charge in [-0.2, -0.15) is 0 Å². The third kappa shape index (κ3) is 3.08. The second-order valence-electron chi connectivity index (χ2n) is 5.73. The molecule has 118 valence electrons. The van der Waals surface area contributed by atoms with Crippen molar-refractivity contribution < 1.29 is 14.7 Å². The third-order valence-electron chi connectivity index (χ3n) is 4.25. The van der Waals surface area contributed by atoms with Crippen LogP contribution in [0.2, 0.25) is 0 Å². The zero-order chi connectivity index (χ0) is 16.4. The molecule has 0 aliphatic carbocycles. The number of carbonyl (C=O) groups is 2. The van der Waals surface area contributed by atoms with Crippen LogP contribution >= 0.6 is 0 Å². The van der Waals surface area contributed by atoms with E-state index in [1.165, 1.54) is 0 Å². The smallest absolute Gasteiger partial charge is 0.335 e. The number of rotatable bonds is 3. The molecule has 1 fully saturated rings. The second-order valence-corrected chi connectivity index (χ2v) is 5.73. The van der Waals surface area contributed by atoms with Gasteiger partial charge in [0, 0.05) is 25.2 Å². The Labute approximate surface area is 134 Å². The maximum absolute atomic E-state index is 11.7. The molecule has 5 nitrogen and oxygen atoms in total. The van der Waals surface area contributed by atoms with Crippen molar-refractivity contribution in [3.05, 3.63) is 53.7 Å². The summed E-state index contributed by atoms with van der Waals surface area (Å²) in [5, 5.41) is 8.96. The van der Waals surface area contributed by atoms with Gasteiger partial charge in [-0.3, -0.25) is 9.78 Å². The Morgan fingerprint density at radius 2 is 1.96 bits per heavy atom. The first-order valence-electron chi connectivity index (χ1n) is 7.63. The monoisotopic (exact) mass is 310 g/mol. The maximum atomic E-state index is 11.7. The van der Waals surface area contributed by atoms with E-state index >= 15 is 0 Å². The van der Waals surface area contributed by atoms with Gasteiger partial charge < -0.3 is 10.0 Å². The number of aromatic nitrogens is 1. The van der Waals surface area contributed by atoms with Crippen LogP contribution in [0.1, 0.15) is 41.7 Å². The lowest BCUT2D eigenvalue weighted by atomic mass is 10.0. The van der Waals surface area contributed by atoms with E-state index in [2.05, 4.69) is 4.98 Å². The van der Waals surface area contributed by atoms with Gasteiger partial charge in [-0.15, -0.1) is 0 Å². The van der Waals surface area contributed by atoms with Crippen LogP contribution in [0.5, 0.6) is 0 Å². The fourth-order valence-corrected chi connectivity index (χ4v) is 3.09. The molecule has 1 aliphatic rings. The summed E-state index contributed by atoms with van der Waals surface area (Å²) in [6, 6.07) is 10.7. The molecule has 1 aromatic carbocycles. The molecule has 5 heteroatoms. The van der Waals surface area contributed by atoms with Gasteiger partial charge in [0.25, 0.3) is 0 Å². The molecule has 1 amide bonds. The van der Waals surface area contributed by atoms with Gasteiger partial charge in [-0.1, -0.05) is 12.1 Å². The molecule has 0 spiro atoms. The van der Waals surface area contributed by atoms with Crippen LogP contribution in [0.3, 0.4) is 0 Å². The highest BCUT2D eigenvalue weighted by Gasteiger charge is 2.28. The average molecular weight is 310 g/mol. The summed E-state index contributed by atoms with van der Waals surface area (Å²) < 4.78 is 0. The summed E-state index contributed by atoms with van der Waals surface area (Å²) >= 11 is 0. The Kier molecular flexibility index (Phi) is 4.10. The number of amides is 1. The molecule has 0 saturated carbocycles.